The smallest absolute Gasteiger partial charge is 0.338 e. The summed E-state index contributed by atoms with van der Waals surface area (Å²) in [7, 11) is 0. The highest BCUT2D eigenvalue weighted by atomic mass is 35.5. The van der Waals surface area contributed by atoms with Gasteiger partial charge in [-0.3, -0.25) is 0 Å². The standard InChI is InChI=1S/C20H24Cl2N2O3/c1-12-17(19(25)27-14-7-5-3-2-4-6-8-14)18(24-20(26)23-12)13-9-10-15(21)16(22)11-13/h9-11,14,18H,2-8H2,1H3,(H2,23,24,26)/t18-/m0/s1. The number of rotatable bonds is 3. The van der Waals surface area contributed by atoms with E-state index in [0.717, 1.165) is 25.7 Å². The molecule has 0 bridgehead atoms. The fourth-order valence-electron chi connectivity index (χ4n) is 3.66. The molecular formula is C20H24Cl2N2O3. The third kappa shape index (κ3) is 4.96. The first-order chi connectivity index (χ1) is 13.0. The van der Waals surface area contributed by atoms with Crippen LogP contribution in [0.1, 0.15) is 63.5 Å². The Hall–Kier alpha value is -1.72. The van der Waals surface area contributed by atoms with E-state index in [4.69, 9.17) is 27.9 Å². The number of nitrogens with one attached hydrogen (secondary N) is 2. The van der Waals surface area contributed by atoms with Crippen LogP contribution in [0.15, 0.2) is 29.5 Å². The Bertz CT molecular complexity index is 756. The van der Waals surface area contributed by atoms with Crippen LogP contribution in [-0.2, 0) is 9.53 Å². The van der Waals surface area contributed by atoms with Crippen LogP contribution in [0.25, 0.3) is 0 Å². The van der Waals surface area contributed by atoms with Crippen molar-refractivity contribution in [1.29, 1.82) is 0 Å². The van der Waals surface area contributed by atoms with Gasteiger partial charge >= 0.3 is 12.0 Å². The van der Waals surface area contributed by atoms with Crippen molar-refractivity contribution in [3.63, 3.8) is 0 Å². The predicted molar refractivity (Wildman–Crippen MR) is 106 cm³/mol. The van der Waals surface area contributed by atoms with Gasteiger partial charge in [-0.15, -0.1) is 0 Å². The van der Waals surface area contributed by atoms with Crippen LogP contribution in [0, 0.1) is 0 Å². The van der Waals surface area contributed by atoms with Crippen LogP contribution < -0.4 is 10.6 Å². The lowest BCUT2D eigenvalue weighted by Gasteiger charge is -2.30. The average molecular weight is 411 g/mol. The summed E-state index contributed by atoms with van der Waals surface area (Å²) in [6.07, 6.45) is 7.44. The normalized spacial score (nSPS) is 21.7. The highest BCUT2D eigenvalue weighted by molar-refractivity contribution is 6.42. The Morgan fingerprint density at radius 2 is 1.74 bits per heavy atom. The molecule has 146 valence electrons. The molecule has 1 heterocycles. The molecule has 2 aliphatic rings. The maximum Gasteiger partial charge on any atom is 0.338 e. The third-order valence-corrected chi connectivity index (χ3v) is 5.83. The maximum atomic E-state index is 13.0. The summed E-state index contributed by atoms with van der Waals surface area (Å²) < 4.78 is 5.83. The van der Waals surface area contributed by atoms with E-state index in [1.165, 1.54) is 19.3 Å². The molecule has 0 radical (unpaired) electrons. The zero-order valence-electron chi connectivity index (χ0n) is 15.3. The number of allylic oxidation sites excluding steroid dienone is 1. The van der Waals surface area contributed by atoms with Crippen LogP contribution in [0.5, 0.6) is 0 Å². The van der Waals surface area contributed by atoms with Crippen LogP contribution in [0.2, 0.25) is 10.0 Å². The minimum absolute atomic E-state index is 0.0785. The van der Waals surface area contributed by atoms with Gasteiger partial charge in [-0.25, -0.2) is 9.59 Å². The van der Waals surface area contributed by atoms with Crippen molar-refractivity contribution < 1.29 is 14.3 Å². The van der Waals surface area contributed by atoms with E-state index in [0.29, 0.717) is 26.9 Å². The van der Waals surface area contributed by atoms with Crippen LogP contribution in [-0.4, -0.2) is 18.1 Å². The number of carbonyl (C=O) groups is 2. The number of urea groups is 1. The lowest BCUT2D eigenvalue weighted by Crippen LogP contribution is -2.45. The van der Waals surface area contributed by atoms with Crippen molar-refractivity contribution in [3.8, 4) is 0 Å². The van der Waals surface area contributed by atoms with Crippen molar-refractivity contribution in [2.24, 2.45) is 0 Å². The lowest BCUT2D eigenvalue weighted by atomic mass is 9.95. The van der Waals surface area contributed by atoms with Gasteiger partial charge in [-0.2, -0.15) is 0 Å². The highest BCUT2D eigenvalue weighted by Crippen LogP contribution is 2.32. The van der Waals surface area contributed by atoms with Gasteiger partial charge in [0.1, 0.15) is 6.10 Å². The number of halogens is 2. The highest BCUT2D eigenvalue weighted by Gasteiger charge is 2.33. The second-order valence-corrected chi connectivity index (χ2v) is 7.93. The van der Waals surface area contributed by atoms with E-state index in [1.807, 2.05) is 0 Å². The second kappa shape index (κ2) is 8.98. The summed E-state index contributed by atoms with van der Waals surface area (Å²) in [5, 5.41) is 6.24. The molecule has 7 heteroatoms. The van der Waals surface area contributed by atoms with Crippen LogP contribution in [0.4, 0.5) is 4.79 Å². The molecule has 1 atom stereocenters. The molecule has 5 nitrogen and oxygen atoms in total. The van der Waals surface area contributed by atoms with E-state index in [9.17, 15) is 9.59 Å². The first-order valence-electron chi connectivity index (χ1n) is 9.40. The topological polar surface area (TPSA) is 67.4 Å². The molecule has 0 saturated heterocycles. The number of amides is 2. The molecule has 0 aromatic heterocycles. The van der Waals surface area contributed by atoms with E-state index < -0.39 is 12.0 Å². The zero-order chi connectivity index (χ0) is 19.4. The van der Waals surface area contributed by atoms with Crippen molar-refractivity contribution in [3.05, 3.63) is 45.1 Å². The van der Waals surface area contributed by atoms with Crippen LogP contribution >= 0.6 is 23.2 Å². The molecule has 1 aromatic carbocycles. The molecule has 1 aliphatic carbocycles. The Morgan fingerprint density at radius 1 is 1.07 bits per heavy atom. The molecule has 3 rings (SSSR count). The molecule has 1 aliphatic heterocycles. The Morgan fingerprint density at radius 3 is 2.41 bits per heavy atom. The number of esters is 1. The van der Waals surface area contributed by atoms with Crippen molar-refractivity contribution in [1.82, 2.24) is 10.6 Å². The molecule has 1 saturated carbocycles. The summed E-state index contributed by atoms with van der Waals surface area (Å²) in [4.78, 5) is 25.0. The van der Waals surface area contributed by atoms with Gasteiger partial charge in [-0.05, 0) is 50.3 Å². The van der Waals surface area contributed by atoms with Gasteiger partial charge in [-0.1, -0.05) is 48.5 Å². The molecule has 1 aromatic rings. The molecular weight excluding hydrogens is 387 g/mol. The number of carbonyl (C=O) groups excluding carboxylic acids is 2. The Labute approximate surface area is 169 Å². The largest absolute Gasteiger partial charge is 0.459 e. The van der Waals surface area contributed by atoms with Gasteiger partial charge in [0.15, 0.2) is 0 Å². The number of ether oxygens (including phenoxy) is 1. The van der Waals surface area contributed by atoms with E-state index >= 15 is 0 Å². The lowest BCUT2D eigenvalue weighted by molar-refractivity contribution is -0.145. The fourth-order valence-corrected chi connectivity index (χ4v) is 3.96. The average Bonchev–Trinajstić information content (AvgIpc) is 2.58. The summed E-state index contributed by atoms with van der Waals surface area (Å²) in [6.45, 7) is 1.71. The summed E-state index contributed by atoms with van der Waals surface area (Å²) in [5.74, 6) is -0.401. The first-order valence-corrected chi connectivity index (χ1v) is 10.2. The van der Waals surface area contributed by atoms with Crippen molar-refractivity contribution >= 4 is 35.2 Å². The zero-order valence-corrected chi connectivity index (χ0v) is 16.8. The van der Waals surface area contributed by atoms with Crippen molar-refractivity contribution in [2.75, 3.05) is 0 Å². The molecule has 2 amide bonds. The monoisotopic (exact) mass is 410 g/mol. The predicted octanol–water partition coefficient (Wildman–Crippen LogP) is 5.28. The van der Waals surface area contributed by atoms with E-state index in [2.05, 4.69) is 10.6 Å². The minimum atomic E-state index is -0.630. The van der Waals surface area contributed by atoms with E-state index in [-0.39, 0.29) is 12.1 Å². The molecule has 0 spiro atoms. The van der Waals surface area contributed by atoms with E-state index in [1.54, 1.807) is 25.1 Å². The van der Waals surface area contributed by atoms with Crippen LogP contribution in [0.3, 0.4) is 0 Å². The Balaban J connectivity index is 1.84. The SMILES string of the molecule is CC1=C(C(=O)OC2CCCCCCC2)[C@H](c2ccc(Cl)c(Cl)c2)NC(=O)N1. The maximum absolute atomic E-state index is 13.0. The number of hydrogen-bond donors (Lipinski definition) is 2. The summed E-state index contributed by atoms with van der Waals surface area (Å²) in [6, 6.07) is 4.07. The van der Waals surface area contributed by atoms with Crippen molar-refractivity contribution in [2.45, 2.75) is 64.0 Å². The van der Waals surface area contributed by atoms with Gasteiger partial charge < -0.3 is 15.4 Å². The molecule has 2 N–H and O–H groups in total. The van der Waals surface area contributed by atoms with Gasteiger partial charge in [0.2, 0.25) is 0 Å². The quantitative estimate of drug-likeness (QED) is 0.666. The molecule has 27 heavy (non-hydrogen) atoms. The minimum Gasteiger partial charge on any atom is -0.459 e. The van der Waals surface area contributed by atoms with Gasteiger partial charge in [0.25, 0.3) is 0 Å². The number of hydrogen-bond acceptors (Lipinski definition) is 3. The summed E-state index contributed by atoms with van der Waals surface area (Å²) >= 11 is 12.1. The second-order valence-electron chi connectivity index (χ2n) is 7.12. The molecule has 0 unspecified atom stereocenters. The first kappa shape index (κ1) is 20.0. The third-order valence-electron chi connectivity index (χ3n) is 5.09. The van der Waals surface area contributed by atoms with Gasteiger partial charge in [0.05, 0.1) is 21.7 Å². The fraction of sp³-hybridized carbons (Fsp3) is 0.500. The van der Waals surface area contributed by atoms with Gasteiger partial charge in [0, 0.05) is 5.70 Å². The Kier molecular flexibility index (Phi) is 6.66. The summed E-state index contributed by atoms with van der Waals surface area (Å²) in [5.41, 5.74) is 1.57. The number of benzene rings is 1. The molecule has 1 fully saturated rings.